The van der Waals surface area contributed by atoms with Gasteiger partial charge in [-0.25, -0.2) is 0 Å². The van der Waals surface area contributed by atoms with Gasteiger partial charge < -0.3 is 15.5 Å². The van der Waals surface area contributed by atoms with Crippen molar-refractivity contribution in [3.63, 3.8) is 0 Å². The van der Waals surface area contributed by atoms with Gasteiger partial charge in [-0.05, 0) is 12.1 Å². The lowest BCUT2D eigenvalue weighted by molar-refractivity contribution is 0.380. The van der Waals surface area contributed by atoms with Gasteiger partial charge in [0.05, 0.1) is 0 Å². The molecule has 1 aromatic carbocycles. The Labute approximate surface area is 113 Å². The highest BCUT2D eigenvalue weighted by Gasteiger charge is 2.17. The van der Waals surface area contributed by atoms with Gasteiger partial charge in [0.1, 0.15) is 0 Å². The highest BCUT2D eigenvalue weighted by molar-refractivity contribution is 14.0. The molecule has 0 unspecified atom stereocenters. The fraction of sp³-hybridized carbons (Fsp3) is 0.364. The minimum Gasteiger partial charge on any atom is -0.370 e. The number of nitrogens with two attached hydrogens (primary N) is 1. The molecule has 0 radical (unpaired) electrons. The maximum Gasteiger partial charge on any atom is 0.188 e. The summed E-state index contributed by atoms with van der Waals surface area (Å²) < 4.78 is 0. The van der Waals surface area contributed by atoms with Gasteiger partial charge in [0.2, 0.25) is 0 Å². The van der Waals surface area contributed by atoms with Gasteiger partial charge in [-0.1, -0.05) is 18.2 Å². The number of anilines is 1. The SMILES string of the molecule is I.N=C(N)N1CCN(c2ccccc2)CC1. The maximum absolute atomic E-state index is 7.34. The summed E-state index contributed by atoms with van der Waals surface area (Å²) in [5, 5.41) is 7.34. The van der Waals surface area contributed by atoms with E-state index in [0.717, 1.165) is 26.2 Å². The molecule has 88 valence electrons. The molecule has 0 saturated carbocycles. The molecule has 0 spiro atoms. The third-order valence-electron chi connectivity index (χ3n) is 2.74. The maximum atomic E-state index is 7.34. The van der Waals surface area contributed by atoms with Crippen LogP contribution in [0.25, 0.3) is 0 Å². The molecule has 3 N–H and O–H groups in total. The van der Waals surface area contributed by atoms with Crippen LogP contribution in [0.5, 0.6) is 0 Å². The molecule has 0 amide bonds. The van der Waals surface area contributed by atoms with Crippen LogP contribution < -0.4 is 10.6 Å². The largest absolute Gasteiger partial charge is 0.370 e. The molecule has 2 rings (SSSR count). The number of nitrogens with zero attached hydrogens (tertiary/aromatic N) is 2. The Bertz CT molecular complexity index is 333. The Morgan fingerprint density at radius 1 is 1.06 bits per heavy atom. The Balaban J connectivity index is 0.00000128. The van der Waals surface area contributed by atoms with Crippen molar-refractivity contribution in [3.8, 4) is 0 Å². The van der Waals surface area contributed by atoms with Crippen molar-refractivity contribution < 1.29 is 0 Å². The van der Waals surface area contributed by atoms with Crippen LogP contribution in [0.4, 0.5) is 5.69 Å². The van der Waals surface area contributed by atoms with Crippen LogP contribution in [-0.2, 0) is 0 Å². The Morgan fingerprint density at radius 3 is 2.12 bits per heavy atom. The molecule has 4 nitrogen and oxygen atoms in total. The van der Waals surface area contributed by atoms with Crippen LogP contribution in [0.3, 0.4) is 0 Å². The van der Waals surface area contributed by atoms with E-state index in [1.807, 2.05) is 23.1 Å². The van der Waals surface area contributed by atoms with E-state index < -0.39 is 0 Å². The van der Waals surface area contributed by atoms with Gasteiger partial charge in [0.15, 0.2) is 5.96 Å². The number of guanidine groups is 1. The zero-order valence-electron chi connectivity index (χ0n) is 9.10. The zero-order chi connectivity index (χ0) is 10.7. The molecule has 16 heavy (non-hydrogen) atoms. The molecule has 0 bridgehead atoms. The van der Waals surface area contributed by atoms with E-state index in [2.05, 4.69) is 17.0 Å². The summed E-state index contributed by atoms with van der Waals surface area (Å²) in [5.74, 6) is 0.183. The average Bonchev–Trinajstić information content (AvgIpc) is 2.30. The summed E-state index contributed by atoms with van der Waals surface area (Å²) in [6, 6.07) is 10.3. The number of halogens is 1. The molecular weight excluding hydrogens is 315 g/mol. The van der Waals surface area contributed by atoms with Crippen LogP contribution in [0, 0.1) is 5.41 Å². The topological polar surface area (TPSA) is 56.4 Å². The number of nitrogens with one attached hydrogen (secondary N) is 1. The molecule has 0 atom stereocenters. The third kappa shape index (κ3) is 3.01. The fourth-order valence-electron chi connectivity index (χ4n) is 1.84. The molecule has 1 aliphatic rings. The average molecular weight is 332 g/mol. The fourth-order valence-corrected chi connectivity index (χ4v) is 1.84. The van der Waals surface area contributed by atoms with Crippen molar-refractivity contribution in [2.45, 2.75) is 0 Å². The summed E-state index contributed by atoms with van der Waals surface area (Å²) in [5.41, 5.74) is 6.69. The summed E-state index contributed by atoms with van der Waals surface area (Å²) >= 11 is 0. The zero-order valence-corrected chi connectivity index (χ0v) is 11.4. The van der Waals surface area contributed by atoms with Crippen LogP contribution in [0.1, 0.15) is 0 Å². The Kier molecular flexibility index (Phi) is 4.85. The molecule has 0 aliphatic carbocycles. The van der Waals surface area contributed by atoms with Gasteiger partial charge >= 0.3 is 0 Å². The minimum absolute atomic E-state index is 0. The second-order valence-electron chi connectivity index (χ2n) is 3.69. The summed E-state index contributed by atoms with van der Waals surface area (Å²) in [6.45, 7) is 3.54. The van der Waals surface area contributed by atoms with Crippen molar-refractivity contribution in [2.75, 3.05) is 31.1 Å². The van der Waals surface area contributed by atoms with E-state index in [0.29, 0.717) is 0 Å². The minimum atomic E-state index is 0. The van der Waals surface area contributed by atoms with Crippen molar-refractivity contribution in [2.24, 2.45) is 5.73 Å². The molecule has 1 heterocycles. The number of para-hydroxylation sites is 1. The highest BCUT2D eigenvalue weighted by atomic mass is 127. The van der Waals surface area contributed by atoms with Crippen molar-refractivity contribution in [1.82, 2.24) is 4.90 Å². The first-order chi connectivity index (χ1) is 7.27. The molecule has 0 aromatic heterocycles. The van der Waals surface area contributed by atoms with Crippen LogP contribution >= 0.6 is 24.0 Å². The summed E-state index contributed by atoms with van der Waals surface area (Å²) in [6.07, 6.45) is 0. The highest BCUT2D eigenvalue weighted by Crippen LogP contribution is 2.14. The molecule has 5 heteroatoms. The van der Waals surface area contributed by atoms with Crippen LogP contribution in [-0.4, -0.2) is 37.0 Å². The summed E-state index contributed by atoms with van der Waals surface area (Å²) in [7, 11) is 0. The lowest BCUT2D eigenvalue weighted by Crippen LogP contribution is -2.50. The standard InChI is InChI=1S/C11H16N4.HI/c12-11(13)15-8-6-14(7-9-15)10-4-2-1-3-5-10;/h1-5H,6-9H2,(H3,12,13);1H. The number of hydrogen-bond acceptors (Lipinski definition) is 2. The van der Waals surface area contributed by atoms with Gasteiger partial charge in [0.25, 0.3) is 0 Å². The van der Waals surface area contributed by atoms with E-state index in [1.54, 1.807) is 0 Å². The Hall–Kier alpha value is -0.980. The van der Waals surface area contributed by atoms with E-state index >= 15 is 0 Å². The van der Waals surface area contributed by atoms with Crippen molar-refractivity contribution in [1.29, 1.82) is 5.41 Å². The lowest BCUT2D eigenvalue weighted by Gasteiger charge is -2.36. The molecule has 1 saturated heterocycles. The van der Waals surface area contributed by atoms with Gasteiger partial charge in [-0.15, -0.1) is 24.0 Å². The van der Waals surface area contributed by atoms with Crippen molar-refractivity contribution >= 4 is 35.6 Å². The predicted octanol–water partition coefficient (Wildman–Crippen LogP) is 1.32. The Morgan fingerprint density at radius 2 is 1.62 bits per heavy atom. The number of rotatable bonds is 1. The lowest BCUT2D eigenvalue weighted by atomic mass is 10.2. The van der Waals surface area contributed by atoms with E-state index in [4.69, 9.17) is 11.1 Å². The van der Waals surface area contributed by atoms with Gasteiger partial charge in [-0.2, -0.15) is 0 Å². The number of hydrogen-bond donors (Lipinski definition) is 2. The van der Waals surface area contributed by atoms with E-state index in [9.17, 15) is 0 Å². The molecular formula is C11H17IN4. The van der Waals surface area contributed by atoms with E-state index in [-0.39, 0.29) is 29.9 Å². The first-order valence-electron chi connectivity index (χ1n) is 5.16. The molecule has 1 aromatic rings. The monoisotopic (exact) mass is 332 g/mol. The first-order valence-corrected chi connectivity index (χ1v) is 5.16. The second-order valence-corrected chi connectivity index (χ2v) is 3.69. The quantitative estimate of drug-likeness (QED) is 0.463. The van der Waals surface area contributed by atoms with E-state index in [1.165, 1.54) is 5.69 Å². The van der Waals surface area contributed by atoms with Crippen LogP contribution in [0.15, 0.2) is 30.3 Å². The number of piperazine rings is 1. The normalized spacial score (nSPS) is 15.5. The smallest absolute Gasteiger partial charge is 0.188 e. The van der Waals surface area contributed by atoms with Crippen LogP contribution in [0.2, 0.25) is 0 Å². The van der Waals surface area contributed by atoms with Gasteiger partial charge in [-0.3, -0.25) is 5.41 Å². The second kappa shape index (κ2) is 5.93. The van der Waals surface area contributed by atoms with Gasteiger partial charge in [0, 0.05) is 31.9 Å². The van der Waals surface area contributed by atoms with Crippen molar-refractivity contribution in [3.05, 3.63) is 30.3 Å². The predicted molar refractivity (Wildman–Crippen MR) is 77.6 cm³/mol. The summed E-state index contributed by atoms with van der Waals surface area (Å²) in [4.78, 5) is 4.22. The molecule has 1 aliphatic heterocycles. The third-order valence-corrected chi connectivity index (χ3v) is 2.74. The first kappa shape index (κ1) is 13.1. The molecule has 1 fully saturated rings. The number of benzene rings is 1.